The Labute approximate surface area is 145 Å². The molecule has 3 rings (SSSR count). The number of piperidine rings is 1. The zero-order chi connectivity index (χ0) is 16.4. The molecule has 2 saturated heterocycles. The van der Waals surface area contributed by atoms with E-state index in [-0.39, 0.29) is 10.6 Å². The lowest BCUT2D eigenvalue weighted by Crippen LogP contribution is -2.52. The summed E-state index contributed by atoms with van der Waals surface area (Å²) < 4.78 is 0.810. The first kappa shape index (κ1) is 16.7. The molecule has 2 fully saturated rings. The van der Waals surface area contributed by atoms with Crippen molar-refractivity contribution in [2.75, 3.05) is 51.2 Å². The van der Waals surface area contributed by atoms with Crippen LogP contribution in [-0.4, -0.2) is 67.1 Å². The molecule has 7 heteroatoms. The maximum Gasteiger partial charge on any atom is 0.270 e. The molecule has 0 aliphatic carbocycles. The number of nitro groups is 1. The monoisotopic (exact) mass is 382 g/mol. The Hall–Kier alpha value is -1.18. The van der Waals surface area contributed by atoms with Crippen LogP contribution in [0.4, 0.5) is 11.4 Å². The van der Waals surface area contributed by atoms with Crippen LogP contribution < -0.4 is 4.90 Å². The quantitative estimate of drug-likeness (QED) is 0.593. The highest BCUT2D eigenvalue weighted by molar-refractivity contribution is 9.10. The summed E-state index contributed by atoms with van der Waals surface area (Å²) in [6, 6.07) is 5.73. The number of piperazine rings is 1. The van der Waals surface area contributed by atoms with Gasteiger partial charge in [0.05, 0.1) is 10.6 Å². The van der Waals surface area contributed by atoms with Crippen LogP contribution in [0.15, 0.2) is 22.7 Å². The van der Waals surface area contributed by atoms with E-state index < -0.39 is 0 Å². The average molecular weight is 383 g/mol. The van der Waals surface area contributed by atoms with Crippen LogP contribution in [0.25, 0.3) is 0 Å². The van der Waals surface area contributed by atoms with Gasteiger partial charge in [-0.15, -0.1) is 0 Å². The maximum atomic E-state index is 10.8. The first-order valence-corrected chi connectivity index (χ1v) is 8.95. The van der Waals surface area contributed by atoms with Crippen molar-refractivity contribution in [3.8, 4) is 0 Å². The second-order valence-electron chi connectivity index (χ2n) is 6.45. The Balaban J connectivity index is 1.59. The van der Waals surface area contributed by atoms with Crippen LogP contribution in [0.1, 0.15) is 12.8 Å². The van der Waals surface area contributed by atoms with Gasteiger partial charge in [-0.1, -0.05) is 0 Å². The second-order valence-corrected chi connectivity index (χ2v) is 7.30. The van der Waals surface area contributed by atoms with Crippen molar-refractivity contribution in [3.63, 3.8) is 0 Å². The van der Waals surface area contributed by atoms with Crippen LogP contribution in [0.5, 0.6) is 0 Å². The highest BCUT2D eigenvalue weighted by atomic mass is 79.9. The van der Waals surface area contributed by atoms with Gasteiger partial charge in [0.1, 0.15) is 0 Å². The van der Waals surface area contributed by atoms with Gasteiger partial charge in [0.25, 0.3) is 5.69 Å². The average Bonchev–Trinajstić information content (AvgIpc) is 2.56. The lowest BCUT2D eigenvalue weighted by atomic mass is 10.0. The summed E-state index contributed by atoms with van der Waals surface area (Å²) in [5.41, 5.74) is 1.19. The minimum Gasteiger partial charge on any atom is -0.370 e. The van der Waals surface area contributed by atoms with Crippen LogP contribution in [0, 0.1) is 10.1 Å². The van der Waals surface area contributed by atoms with Gasteiger partial charge in [0.15, 0.2) is 0 Å². The third-order valence-corrected chi connectivity index (χ3v) is 5.64. The summed E-state index contributed by atoms with van der Waals surface area (Å²) >= 11 is 3.49. The normalized spacial score (nSPS) is 21.6. The summed E-state index contributed by atoms with van der Waals surface area (Å²) in [7, 11) is 2.19. The van der Waals surface area contributed by atoms with E-state index in [1.54, 1.807) is 12.1 Å². The molecule has 0 unspecified atom stereocenters. The molecule has 0 aromatic heterocycles. The van der Waals surface area contributed by atoms with Crippen LogP contribution in [0.2, 0.25) is 0 Å². The van der Waals surface area contributed by atoms with Crippen LogP contribution >= 0.6 is 15.9 Å². The summed E-state index contributed by atoms with van der Waals surface area (Å²) in [4.78, 5) is 17.8. The Morgan fingerprint density at radius 2 is 1.78 bits per heavy atom. The molecule has 0 amide bonds. The SMILES string of the molecule is CN1CCN(C2CCN(c3ccc([N+](=O)[O-])cc3Br)CC2)CC1. The molecule has 0 bridgehead atoms. The fourth-order valence-electron chi connectivity index (χ4n) is 3.52. The molecular weight excluding hydrogens is 360 g/mol. The number of nitro benzene ring substituents is 1. The number of likely N-dealkylation sites (N-methyl/N-ethyl adjacent to an activating group) is 1. The first-order chi connectivity index (χ1) is 11.0. The molecule has 2 aliphatic rings. The van der Waals surface area contributed by atoms with E-state index >= 15 is 0 Å². The predicted molar refractivity (Wildman–Crippen MR) is 95.1 cm³/mol. The molecule has 2 heterocycles. The number of hydrogen-bond donors (Lipinski definition) is 0. The number of halogens is 1. The third kappa shape index (κ3) is 3.84. The fraction of sp³-hybridized carbons (Fsp3) is 0.625. The van der Waals surface area contributed by atoms with Crippen LogP contribution in [0.3, 0.4) is 0 Å². The topological polar surface area (TPSA) is 52.9 Å². The van der Waals surface area contributed by atoms with E-state index in [2.05, 4.69) is 37.7 Å². The van der Waals surface area contributed by atoms with Crippen molar-refractivity contribution in [2.45, 2.75) is 18.9 Å². The van der Waals surface area contributed by atoms with E-state index in [1.165, 1.54) is 13.1 Å². The van der Waals surface area contributed by atoms with E-state index in [1.807, 2.05) is 6.07 Å². The van der Waals surface area contributed by atoms with Crippen molar-refractivity contribution in [2.24, 2.45) is 0 Å². The molecular formula is C16H23BrN4O2. The molecule has 1 aromatic carbocycles. The largest absolute Gasteiger partial charge is 0.370 e. The van der Waals surface area contributed by atoms with Crippen molar-refractivity contribution >= 4 is 27.3 Å². The summed E-state index contributed by atoms with van der Waals surface area (Å²) in [5, 5.41) is 10.8. The number of hydrogen-bond acceptors (Lipinski definition) is 5. The Bertz CT molecular complexity index is 567. The molecule has 126 valence electrons. The van der Waals surface area contributed by atoms with Gasteiger partial charge >= 0.3 is 0 Å². The molecule has 2 aliphatic heterocycles. The van der Waals surface area contributed by atoms with Gasteiger partial charge in [0, 0.05) is 61.9 Å². The Kier molecular flexibility index (Phi) is 5.18. The van der Waals surface area contributed by atoms with Gasteiger partial charge in [-0.25, -0.2) is 0 Å². The molecule has 6 nitrogen and oxygen atoms in total. The van der Waals surface area contributed by atoms with Gasteiger partial charge < -0.3 is 9.80 Å². The van der Waals surface area contributed by atoms with Crippen LogP contribution in [-0.2, 0) is 0 Å². The predicted octanol–water partition coefficient (Wildman–Crippen LogP) is 2.57. The van der Waals surface area contributed by atoms with E-state index in [9.17, 15) is 10.1 Å². The van der Waals surface area contributed by atoms with Crippen molar-refractivity contribution in [1.82, 2.24) is 9.80 Å². The van der Waals surface area contributed by atoms with E-state index in [4.69, 9.17) is 0 Å². The van der Waals surface area contributed by atoms with Crippen molar-refractivity contribution in [3.05, 3.63) is 32.8 Å². The van der Waals surface area contributed by atoms with Gasteiger partial charge in [-0.05, 0) is 41.9 Å². The number of anilines is 1. The maximum absolute atomic E-state index is 10.8. The van der Waals surface area contributed by atoms with Crippen molar-refractivity contribution in [1.29, 1.82) is 0 Å². The number of benzene rings is 1. The number of non-ortho nitro benzene ring substituents is 1. The second kappa shape index (κ2) is 7.15. The minimum atomic E-state index is -0.353. The standard InChI is InChI=1S/C16H23BrN4O2/c1-18-8-10-19(11-9-18)13-4-6-20(7-5-13)16-3-2-14(21(22)23)12-15(16)17/h2-3,12-13H,4-11H2,1H3. The zero-order valence-corrected chi connectivity index (χ0v) is 15.0. The molecule has 0 atom stereocenters. The molecule has 0 N–H and O–H groups in total. The Morgan fingerprint density at radius 1 is 1.13 bits per heavy atom. The molecule has 1 aromatic rings. The van der Waals surface area contributed by atoms with Gasteiger partial charge in [-0.3, -0.25) is 15.0 Å². The Morgan fingerprint density at radius 3 is 2.35 bits per heavy atom. The molecule has 0 saturated carbocycles. The lowest BCUT2D eigenvalue weighted by Gasteiger charge is -2.42. The molecule has 0 radical (unpaired) electrons. The fourth-order valence-corrected chi connectivity index (χ4v) is 4.14. The smallest absolute Gasteiger partial charge is 0.270 e. The van der Waals surface area contributed by atoms with E-state index in [0.29, 0.717) is 6.04 Å². The summed E-state index contributed by atoms with van der Waals surface area (Å²) in [6.07, 6.45) is 2.32. The highest BCUT2D eigenvalue weighted by Crippen LogP contribution is 2.32. The third-order valence-electron chi connectivity index (χ3n) is 5.00. The minimum absolute atomic E-state index is 0.132. The lowest BCUT2D eigenvalue weighted by molar-refractivity contribution is -0.384. The molecule has 23 heavy (non-hydrogen) atoms. The molecule has 0 spiro atoms. The number of rotatable bonds is 3. The van der Waals surface area contributed by atoms with E-state index in [0.717, 1.165) is 49.2 Å². The van der Waals surface area contributed by atoms with Gasteiger partial charge in [0.2, 0.25) is 0 Å². The van der Waals surface area contributed by atoms with Gasteiger partial charge in [-0.2, -0.15) is 0 Å². The summed E-state index contributed by atoms with van der Waals surface area (Å²) in [6.45, 7) is 6.67. The zero-order valence-electron chi connectivity index (χ0n) is 13.4. The summed E-state index contributed by atoms with van der Waals surface area (Å²) in [5.74, 6) is 0. The highest BCUT2D eigenvalue weighted by Gasteiger charge is 2.27. The first-order valence-electron chi connectivity index (χ1n) is 8.16. The number of nitrogens with zero attached hydrogens (tertiary/aromatic N) is 4. The van der Waals surface area contributed by atoms with Crippen molar-refractivity contribution < 1.29 is 4.92 Å².